The summed E-state index contributed by atoms with van der Waals surface area (Å²) in [4.78, 5) is 15.4. The van der Waals surface area contributed by atoms with Crippen LogP contribution in [0.3, 0.4) is 0 Å². The summed E-state index contributed by atoms with van der Waals surface area (Å²) in [5.41, 5.74) is 15.6. The minimum atomic E-state index is -0.418. The van der Waals surface area contributed by atoms with Crippen LogP contribution in [0.25, 0.3) is 77.7 Å². The summed E-state index contributed by atoms with van der Waals surface area (Å²) in [6, 6.07) is 73.8. The van der Waals surface area contributed by atoms with Crippen molar-refractivity contribution in [3.63, 3.8) is 0 Å². The van der Waals surface area contributed by atoms with E-state index in [1.54, 1.807) is 0 Å². The lowest BCUT2D eigenvalue weighted by Gasteiger charge is -2.24. The van der Waals surface area contributed by atoms with Gasteiger partial charge in [-0.1, -0.05) is 170 Å². The fourth-order valence-corrected chi connectivity index (χ4v) is 8.29. The second-order valence-electron chi connectivity index (χ2n) is 15.3. The lowest BCUT2D eigenvalue weighted by Crippen LogP contribution is -2.33. The van der Waals surface area contributed by atoms with Crippen LogP contribution in [0.2, 0.25) is 0 Å². The van der Waals surface area contributed by atoms with E-state index in [1.807, 2.05) is 42.6 Å². The molecule has 10 aromatic rings. The van der Waals surface area contributed by atoms with Crippen molar-refractivity contribution in [2.75, 3.05) is 0 Å². The molecule has 0 aliphatic carbocycles. The third-order valence-corrected chi connectivity index (χ3v) is 11.4. The largest absolute Gasteiger partial charge is 0.456 e. The van der Waals surface area contributed by atoms with Crippen LogP contribution in [-0.2, 0) is 0 Å². The summed E-state index contributed by atoms with van der Waals surface area (Å²) in [6.07, 6.45) is 1.56. The highest BCUT2D eigenvalue weighted by molar-refractivity contribution is 6.14. The van der Waals surface area contributed by atoms with Gasteiger partial charge in [-0.3, -0.25) is 4.98 Å². The number of fused-ring (bicyclic) bond motifs is 3. The number of benzene rings is 8. The summed E-state index contributed by atoms with van der Waals surface area (Å²) in [6.45, 7) is 0. The molecule has 0 radical (unpaired) electrons. The Morgan fingerprint density at radius 2 is 0.934 bits per heavy atom. The number of aliphatic imine (C=N–C) groups is 2. The average Bonchev–Trinajstić information content (AvgIpc) is 3.73. The van der Waals surface area contributed by atoms with Crippen LogP contribution in [-0.4, -0.2) is 16.7 Å². The summed E-state index contributed by atoms with van der Waals surface area (Å²) in [5.74, 6) is 1.44. The van der Waals surface area contributed by atoms with E-state index in [9.17, 15) is 0 Å². The van der Waals surface area contributed by atoms with Gasteiger partial charge in [0.1, 0.15) is 23.2 Å². The van der Waals surface area contributed by atoms with E-state index in [0.717, 1.165) is 83.5 Å². The lowest BCUT2D eigenvalue weighted by molar-refractivity contribution is 0.662. The quantitative estimate of drug-likeness (QED) is 0.167. The molecule has 3 heterocycles. The highest BCUT2D eigenvalue weighted by atomic mass is 16.3. The summed E-state index contributed by atoms with van der Waals surface area (Å²) < 4.78 is 6.50. The van der Waals surface area contributed by atoms with Crippen LogP contribution in [0.15, 0.2) is 233 Å². The van der Waals surface area contributed by atoms with Crippen LogP contribution in [0, 0.1) is 0 Å². The van der Waals surface area contributed by atoms with Crippen molar-refractivity contribution >= 4 is 33.6 Å². The molecule has 288 valence electrons. The van der Waals surface area contributed by atoms with E-state index in [4.69, 9.17) is 19.4 Å². The maximum Gasteiger partial charge on any atom is 0.159 e. The number of furan rings is 1. The van der Waals surface area contributed by atoms with Crippen molar-refractivity contribution in [2.45, 2.75) is 6.17 Å². The van der Waals surface area contributed by atoms with Gasteiger partial charge in [0, 0.05) is 44.8 Å². The average molecular weight is 783 g/mol. The van der Waals surface area contributed by atoms with Gasteiger partial charge in [0.05, 0.1) is 5.69 Å². The smallest absolute Gasteiger partial charge is 0.159 e. The number of hydrogen-bond acceptors (Lipinski definition) is 5. The zero-order chi connectivity index (χ0) is 40.5. The Morgan fingerprint density at radius 1 is 0.393 bits per heavy atom. The first-order valence-corrected chi connectivity index (χ1v) is 20.5. The van der Waals surface area contributed by atoms with E-state index in [0.29, 0.717) is 5.84 Å². The minimum absolute atomic E-state index is 0.418. The molecule has 1 N–H and O–H groups in total. The summed E-state index contributed by atoms with van der Waals surface area (Å²) in [5, 5.41) is 5.74. The molecule has 11 rings (SSSR count). The van der Waals surface area contributed by atoms with Crippen LogP contribution < -0.4 is 5.32 Å². The topological polar surface area (TPSA) is 62.8 Å². The number of nitrogens with zero attached hydrogens (tertiary/aromatic N) is 3. The van der Waals surface area contributed by atoms with Gasteiger partial charge in [-0.15, -0.1) is 0 Å². The van der Waals surface area contributed by atoms with E-state index < -0.39 is 6.17 Å². The van der Waals surface area contributed by atoms with Crippen molar-refractivity contribution in [1.82, 2.24) is 10.3 Å². The Bertz CT molecular complexity index is 3170. The molecule has 1 atom stereocenters. The standard InChI is InChI=1S/C56H38N4O/c1-5-14-37(15-6-1)40-24-26-42(27-25-40)55-58-54(41-20-11-4-12-21-41)59-56(60-55)48-22-13-23-52-53(48)49-35-43(29-31-51(49)61-52)44-28-30-50(57-36-44)47-33-45(38-16-7-2-8-17-38)32-46(34-47)39-18-9-3-10-19-39/h1-36,56H,(H,58,59,60). The van der Waals surface area contributed by atoms with Crippen LogP contribution >= 0.6 is 0 Å². The first-order chi connectivity index (χ1) is 30.2. The molecular formula is C56H38N4O. The first-order valence-electron chi connectivity index (χ1n) is 20.5. The molecule has 1 aliphatic rings. The molecule has 1 aliphatic heterocycles. The second-order valence-corrected chi connectivity index (χ2v) is 15.3. The molecule has 0 spiro atoms. The SMILES string of the molecule is c1ccc(C2=NC(c3cccc4oc5ccc(-c6ccc(-c7cc(-c8ccccc8)cc(-c8ccccc8)c7)nc6)cc5c34)NC(c3ccc(-c4ccccc4)cc3)=N2)cc1. The Labute approximate surface area is 354 Å². The number of nitrogens with one attached hydrogen (secondary N) is 1. The molecule has 5 nitrogen and oxygen atoms in total. The van der Waals surface area contributed by atoms with E-state index in [-0.39, 0.29) is 0 Å². The number of pyridine rings is 1. The Hall–Kier alpha value is -8.15. The fraction of sp³-hybridized carbons (Fsp3) is 0.0179. The fourth-order valence-electron chi connectivity index (χ4n) is 8.29. The highest BCUT2D eigenvalue weighted by Gasteiger charge is 2.25. The number of aromatic nitrogens is 1. The zero-order valence-corrected chi connectivity index (χ0v) is 33.1. The molecule has 0 saturated carbocycles. The van der Waals surface area contributed by atoms with Gasteiger partial charge in [-0.25, -0.2) is 9.98 Å². The van der Waals surface area contributed by atoms with Crippen molar-refractivity contribution in [3.8, 4) is 55.8 Å². The van der Waals surface area contributed by atoms with Gasteiger partial charge in [-0.2, -0.15) is 0 Å². The maximum atomic E-state index is 6.50. The molecule has 0 amide bonds. The second kappa shape index (κ2) is 15.6. The molecule has 8 aromatic carbocycles. The minimum Gasteiger partial charge on any atom is -0.456 e. The van der Waals surface area contributed by atoms with Crippen molar-refractivity contribution < 1.29 is 4.42 Å². The number of hydrogen-bond donors (Lipinski definition) is 1. The molecule has 0 bridgehead atoms. The molecule has 0 fully saturated rings. The summed E-state index contributed by atoms with van der Waals surface area (Å²) in [7, 11) is 0. The van der Waals surface area contributed by atoms with Gasteiger partial charge in [0.25, 0.3) is 0 Å². The number of rotatable bonds is 8. The summed E-state index contributed by atoms with van der Waals surface area (Å²) >= 11 is 0. The van der Waals surface area contributed by atoms with Crippen LogP contribution in [0.1, 0.15) is 22.9 Å². The van der Waals surface area contributed by atoms with Gasteiger partial charge in [0.2, 0.25) is 0 Å². The monoisotopic (exact) mass is 782 g/mol. The molecule has 5 heteroatoms. The molecule has 0 saturated heterocycles. The normalized spacial score (nSPS) is 13.7. The van der Waals surface area contributed by atoms with E-state index in [1.165, 1.54) is 16.7 Å². The molecular weight excluding hydrogens is 745 g/mol. The molecule has 1 unspecified atom stereocenters. The van der Waals surface area contributed by atoms with Gasteiger partial charge in [0.15, 0.2) is 5.84 Å². The highest BCUT2D eigenvalue weighted by Crippen LogP contribution is 2.39. The third-order valence-electron chi connectivity index (χ3n) is 11.4. The Kier molecular flexibility index (Phi) is 9.17. The predicted molar refractivity (Wildman–Crippen MR) is 251 cm³/mol. The van der Waals surface area contributed by atoms with Crippen LogP contribution in [0.5, 0.6) is 0 Å². The van der Waals surface area contributed by atoms with Gasteiger partial charge in [-0.05, 0) is 81.4 Å². The number of amidine groups is 2. The van der Waals surface area contributed by atoms with E-state index in [2.05, 4.69) is 181 Å². The van der Waals surface area contributed by atoms with Crippen molar-refractivity contribution in [3.05, 3.63) is 235 Å². The predicted octanol–water partition coefficient (Wildman–Crippen LogP) is 13.8. The molecule has 2 aromatic heterocycles. The Morgan fingerprint density at radius 3 is 1.56 bits per heavy atom. The third kappa shape index (κ3) is 7.09. The van der Waals surface area contributed by atoms with Gasteiger partial charge < -0.3 is 9.73 Å². The zero-order valence-electron chi connectivity index (χ0n) is 33.1. The van der Waals surface area contributed by atoms with Crippen molar-refractivity contribution in [1.29, 1.82) is 0 Å². The maximum absolute atomic E-state index is 6.50. The Balaban J connectivity index is 0.957. The van der Waals surface area contributed by atoms with E-state index >= 15 is 0 Å². The van der Waals surface area contributed by atoms with Gasteiger partial charge >= 0.3 is 0 Å². The van der Waals surface area contributed by atoms with Crippen molar-refractivity contribution in [2.24, 2.45) is 9.98 Å². The lowest BCUT2D eigenvalue weighted by atomic mass is 9.94. The van der Waals surface area contributed by atoms with Crippen LogP contribution in [0.4, 0.5) is 0 Å². The first kappa shape index (κ1) is 36.0. The molecule has 61 heavy (non-hydrogen) atoms.